The Bertz CT molecular complexity index is 659. The van der Waals surface area contributed by atoms with Crippen LogP contribution in [0, 0.1) is 5.41 Å². The van der Waals surface area contributed by atoms with Crippen LogP contribution < -0.4 is 5.69 Å². The van der Waals surface area contributed by atoms with Gasteiger partial charge in [-0.25, -0.2) is 4.79 Å². The average Bonchev–Trinajstić information content (AvgIpc) is 2.51. The van der Waals surface area contributed by atoms with Crippen molar-refractivity contribution in [1.82, 2.24) is 9.55 Å². The molecule has 1 aromatic heterocycles. The van der Waals surface area contributed by atoms with Crippen LogP contribution in [0.3, 0.4) is 0 Å². The molecule has 0 atom stereocenters. The summed E-state index contributed by atoms with van der Waals surface area (Å²) >= 11 is 0. The fourth-order valence-electron chi connectivity index (χ4n) is 1.97. The first-order valence-corrected chi connectivity index (χ1v) is 5.88. The topological polar surface area (TPSA) is 37.8 Å². The van der Waals surface area contributed by atoms with Crippen LogP contribution in [0.1, 0.15) is 26.3 Å². The van der Waals surface area contributed by atoms with Crippen molar-refractivity contribution in [2.45, 2.75) is 33.5 Å². The molecule has 0 aliphatic heterocycles. The van der Waals surface area contributed by atoms with Gasteiger partial charge in [-0.3, -0.25) is 4.57 Å². The molecule has 0 bridgehead atoms. The van der Waals surface area contributed by atoms with Crippen LogP contribution in [0.4, 0.5) is 13.2 Å². The van der Waals surface area contributed by atoms with E-state index in [1.54, 1.807) is 0 Å². The Kier molecular flexibility index (Phi) is 2.99. The number of fused-ring (bicyclic) bond motifs is 1. The van der Waals surface area contributed by atoms with Crippen molar-refractivity contribution in [2.24, 2.45) is 5.41 Å². The van der Waals surface area contributed by atoms with Crippen LogP contribution >= 0.6 is 0 Å². The predicted molar refractivity (Wildman–Crippen MR) is 67.0 cm³/mol. The van der Waals surface area contributed by atoms with Gasteiger partial charge in [-0.15, -0.1) is 0 Å². The molecule has 0 aliphatic carbocycles. The van der Waals surface area contributed by atoms with Crippen molar-refractivity contribution in [3.05, 3.63) is 34.2 Å². The van der Waals surface area contributed by atoms with Gasteiger partial charge in [-0.05, 0) is 23.6 Å². The SMILES string of the molecule is CC(C)(C)Cn1c(=O)[nH]c2cc(C(F)(F)F)ccc21. The molecule has 6 heteroatoms. The van der Waals surface area contributed by atoms with Crippen molar-refractivity contribution < 1.29 is 13.2 Å². The Hall–Kier alpha value is -1.72. The highest BCUT2D eigenvalue weighted by Crippen LogP contribution is 2.31. The molecule has 0 radical (unpaired) electrons. The summed E-state index contributed by atoms with van der Waals surface area (Å²) < 4.78 is 39.3. The fraction of sp³-hybridized carbons (Fsp3) is 0.462. The van der Waals surface area contributed by atoms with Gasteiger partial charge in [0.15, 0.2) is 0 Å². The molecule has 19 heavy (non-hydrogen) atoms. The lowest BCUT2D eigenvalue weighted by atomic mass is 9.97. The van der Waals surface area contributed by atoms with Crippen molar-refractivity contribution >= 4 is 11.0 Å². The molecule has 1 N–H and O–H groups in total. The second-order valence-electron chi connectivity index (χ2n) is 5.81. The first kappa shape index (κ1) is 13.7. The summed E-state index contributed by atoms with van der Waals surface area (Å²) in [6, 6.07) is 3.30. The van der Waals surface area contributed by atoms with E-state index in [1.165, 1.54) is 10.6 Å². The number of nitrogens with zero attached hydrogens (tertiary/aromatic N) is 1. The zero-order valence-corrected chi connectivity index (χ0v) is 10.9. The molecule has 104 valence electrons. The van der Waals surface area contributed by atoms with Crippen LogP contribution in [0.15, 0.2) is 23.0 Å². The van der Waals surface area contributed by atoms with Gasteiger partial charge in [-0.1, -0.05) is 20.8 Å². The van der Waals surface area contributed by atoms with Gasteiger partial charge in [0.05, 0.1) is 16.6 Å². The lowest BCUT2D eigenvalue weighted by Gasteiger charge is -2.18. The van der Waals surface area contributed by atoms with E-state index in [4.69, 9.17) is 0 Å². The number of halogens is 3. The van der Waals surface area contributed by atoms with Crippen LogP contribution in [0.25, 0.3) is 11.0 Å². The summed E-state index contributed by atoms with van der Waals surface area (Å²) in [6.07, 6.45) is -4.41. The number of benzene rings is 1. The molecule has 2 rings (SSSR count). The minimum absolute atomic E-state index is 0.137. The summed E-state index contributed by atoms with van der Waals surface area (Å²) in [7, 11) is 0. The summed E-state index contributed by atoms with van der Waals surface area (Å²) in [5, 5.41) is 0. The first-order chi connectivity index (χ1) is 8.58. The van der Waals surface area contributed by atoms with Crippen molar-refractivity contribution in [3.63, 3.8) is 0 Å². The molecule has 0 amide bonds. The number of hydrogen-bond acceptors (Lipinski definition) is 1. The number of aromatic nitrogens is 2. The Balaban J connectivity index is 2.58. The molecule has 2 aromatic rings. The van der Waals surface area contributed by atoms with Gasteiger partial charge in [0.25, 0.3) is 0 Å². The molecule has 1 heterocycles. The smallest absolute Gasteiger partial charge is 0.306 e. The maximum Gasteiger partial charge on any atom is 0.416 e. The lowest BCUT2D eigenvalue weighted by molar-refractivity contribution is -0.137. The standard InChI is InChI=1S/C13H15F3N2O/c1-12(2,3)7-18-10-5-4-8(13(14,15)16)6-9(10)17-11(18)19/h4-6H,7H2,1-3H3,(H,17,19). The minimum atomic E-state index is -4.41. The Morgan fingerprint density at radius 1 is 1.21 bits per heavy atom. The van der Waals surface area contributed by atoms with E-state index in [0.717, 1.165) is 12.1 Å². The molecule has 1 aromatic carbocycles. The predicted octanol–water partition coefficient (Wildman–Crippen LogP) is 3.39. The number of H-pyrrole nitrogens is 1. The number of nitrogens with one attached hydrogen (secondary N) is 1. The molecule has 0 aliphatic rings. The molecule has 0 saturated carbocycles. The minimum Gasteiger partial charge on any atom is -0.306 e. The third-order valence-corrected chi connectivity index (χ3v) is 2.73. The van der Waals surface area contributed by atoms with Gasteiger partial charge < -0.3 is 4.98 Å². The molecule has 0 fully saturated rings. The molecular formula is C13H15F3N2O. The lowest BCUT2D eigenvalue weighted by Crippen LogP contribution is -2.24. The Morgan fingerprint density at radius 2 is 1.84 bits per heavy atom. The largest absolute Gasteiger partial charge is 0.416 e. The highest BCUT2D eigenvalue weighted by atomic mass is 19.4. The van der Waals surface area contributed by atoms with E-state index in [9.17, 15) is 18.0 Å². The van der Waals surface area contributed by atoms with Crippen molar-refractivity contribution in [3.8, 4) is 0 Å². The Labute approximate surface area is 108 Å². The summed E-state index contributed by atoms with van der Waals surface area (Å²) in [6.45, 7) is 6.32. The van der Waals surface area contributed by atoms with E-state index in [-0.39, 0.29) is 16.6 Å². The second-order valence-corrected chi connectivity index (χ2v) is 5.81. The van der Waals surface area contributed by atoms with Gasteiger partial charge in [0.1, 0.15) is 0 Å². The van der Waals surface area contributed by atoms with Gasteiger partial charge >= 0.3 is 11.9 Å². The van der Waals surface area contributed by atoms with E-state index in [1.807, 2.05) is 20.8 Å². The first-order valence-electron chi connectivity index (χ1n) is 5.88. The summed E-state index contributed by atoms with van der Waals surface area (Å²) in [4.78, 5) is 14.3. The van der Waals surface area contributed by atoms with E-state index in [2.05, 4.69) is 4.98 Å². The fourth-order valence-corrected chi connectivity index (χ4v) is 1.97. The molecule has 0 spiro atoms. The van der Waals surface area contributed by atoms with Gasteiger partial charge in [0.2, 0.25) is 0 Å². The Morgan fingerprint density at radius 3 is 2.37 bits per heavy atom. The normalized spacial score (nSPS) is 13.2. The van der Waals surface area contributed by atoms with E-state index in [0.29, 0.717) is 12.1 Å². The van der Waals surface area contributed by atoms with Gasteiger partial charge in [-0.2, -0.15) is 13.2 Å². The summed E-state index contributed by atoms with van der Waals surface area (Å²) in [5.74, 6) is 0. The van der Waals surface area contributed by atoms with E-state index >= 15 is 0 Å². The third-order valence-electron chi connectivity index (χ3n) is 2.73. The number of imidazole rings is 1. The van der Waals surface area contributed by atoms with Crippen molar-refractivity contribution in [2.75, 3.05) is 0 Å². The molecule has 0 saturated heterocycles. The maximum absolute atomic E-state index is 12.6. The monoisotopic (exact) mass is 272 g/mol. The third kappa shape index (κ3) is 2.83. The number of alkyl halides is 3. The highest BCUT2D eigenvalue weighted by molar-refractivity contribution is 5.76. The zero-order valence-electron chi connectivity index (χ0n) is 10.9. The quantitative estimate of drug-likeness (QED) is 0.849. The van der Waals surface area contributed by atoms with Crippen LogP contribution in [-0.2, 0) is 12.7 Å². The van der Waals surface area contributed by atoms with Gasteiger partial charge in [0, 0.05) is 6.54 Å². The average molecular weight is 272 g/mol. The molecular weight excluding hydrogens is 257 g/mol. The van der Waals surface area contributed by atoms with Crippen LogP contribution in [0.2, 0.25) is 0 Å². The summed E-state index contributed by atoms with van der Waals surface area (Å²) in [5.41, 5.74) is -0.577. The van der Waals surface area contributed by atoms with Crippen LogP contribution in [-0.4, -0.2) is 9.55 Å². The molecule has 3 nitrogen and oxygen atoms in total. The van der Waals surface area contributed by atoms with E-state index < -0.39 is 11.7 Å². The number of hydrogen-bond donors (Lipinski definition) is 1. The number of aromatic amines is 1. The zero-order chi connectivity index (χ0) is 14.4. The molecule has 0 unspecified atom stereocenters. The highest BCUT2D eigenvalue weighted by Gasteiger charge is 2.31. The maximum atomic E-state index is 12.6. The second kappa shape index (κ2) is 4.15. The van der Waals surface area contributed by atoms with Crippen molar-refractivity contribution in [1.29, 1.82) is 0 Å². The van der Waals surface area contributed by atoms with Crippen LogP contribution in [0.5, 0.6) is 0 Å². The number of rotatable bonds is 1.